The highest BCUT2D eigenvalue weighted by molar-refractivity contribution is 4.91. The predicted octanol–water partition coefficient (Wildman–Crippen LogP) is 2.23. The van der Waals surface area contributed by atoms with E-state index in [0.717, 1.165) is 6.04 Å². The first-order chi connectivity index (χ1) is 5.47. The number of hydrogen-bond acceptors (Lipinski definition) is 1. The molecule has 0 aromatic heterocycles. The molecule has 2 rings (SSSR count). The molecule has 1 nitrogen and oxygen atoms in total. The van der Waals surface area contributed by atoms with Gasteiger partial charge in [0.05, 0.1) is 0 Å². The molecule has 0 spiro atoms. The number of nitrogens with zero attached hydrogens (tertiary/aromatic N) is 1. The predicted molar refractivity (Wildman–Crippen MR) is 47.4 cm³/mol. The van der Waals surface area contributed by atoms with Gasteiger partial charge in [-0.15, -0.1) is 0 Å². The number of hydrogen-bond donors (Lipinski definition) is 0. The highest BCUT2D eigenvalue weighted by atomic mass is 15.2. The van der Waals surface area contributed by atoms with E-state index in [0.29, 0.717) is 0 Å². The third-order valence-electron chi connectivity index (χ3n) is 3.07. The molecule has 0 aromatic carbocycles. The van der Waals surface area contributed by atoms with Gasteiger partial charge in [0.2, 0.25) is 0 Å². The molecule has 1 aliphatic carbocycles. The Hall–Kier alpha value is -0.0400. The maximum Gasteiger partial charge on any atom is 0.00955 e. The van der Waals surface area contributed by atoms with Crippen LogP contribution in [0.25, 0.3) is 0 Å². The first kappa shape index (κ1) is 7.60. The van der Waals surface area contributed by atoms with Crippen molar-refractivity contribution in [1.29, 1.82) is 0 Å². The lowest BCUT2D eigenvalue weighted by Crippen LogP contribution is -2.45. The Balaban J connectivity index is 1.80. The fraction of sp³-hybridized carbons (Fsp3) is 0.900. The summed E-state index contributed by atoms with van der Waals surface area (Å²) in [6.45, 7) is 2.54. The molecule has 1 radical (unpaired) electrons. The van der Waals surface area contributed by atoms with Crippen molar-refractivity contribution < 1.29 is 0 Å². The molecule has 0 atom stereocenters. The second-order valence-electron chi connectivity index (χ2n) is 3.89. The lowest BCUT2D eigenvalue weighted by atomic mass is 10.0. The zero-order chi connectivity index (χ0) is 7.52. The Morgan fingerprint density at radius 2 is 1.55 bits per heavy atom. The van der Waals surface area contributed by atoms with Crippen LogP contribution in [0.3, 0.4) is 0 Å². The lowest BCUT2D eigenvalue weighted by Gasteiger charge is -2.37. The van der Waals surface area contributed by atoms with E-state index < -0.39 is 0 Å². The molecule has 0 aromatic rings. The highest BCUT2D eigenvalue weighted by Crippen LogP contribution is 2.24. The van der Waals surface area contributed by atoms with Crippen molar-refractivity contribution in [3.8, 4) is 0 Å². The van der Waals surface area contributed by atoms with E-state index in [9.17, 15) is 0 Å². The van der Waals surface area contributed by atoms with Gasteiger partial charge in [-0.1, -0.05) is 25.7 Å². The molecule has 0 unspecified atom stereocenters. The van der Waals surface area contributed by atoms with Crippen molar-refractivity contribution >= 4 is 0 Å². The summed E-state index contributed by atoms with van der Waals surface area (Å²) in [6.07, 6.45) is 11.2. The minimum Gasteiger partial charge on any atom is -0.300 e. The summed E-state index contributed by atoms with van der Waals surface area (Å²) in [5.41, 5.74) is 0. The van der Waals surface area contributed by atoms with Crippen molar-refractivity contribution in [2.75, 3.05) is 13.1 Å². The zero-order valence-corrected chi connectivity index (χ0v) is 7.26. The molecule has 1 heteroatoms. The van der Waals surface area contributed by atoms with Crippen LogP contribution in [0.15, 0.2) is 0 Å². The molecule has 63 valence electrons. The normalized spacial score (nSPS) is 29.5. The van der Waals surface area contributed by atoms with Gasteiger partial charge in [0.15, 0.2) is 0 Å². The Kier molecular flexibility index (Phi) is 2.47. The van der Waals surface area contributed by atoms with Crippen molar-refractivity contribution in [3.63, 3.8) is 0 Å². The van der Waals surface area contributed by atoms with Crippen LogP contribution in [-0.4, -0.2) is 24.0 Å². The van der Waals surface area contributed by atoms with Gasteiger partial charge in [0.25, 0.3) is 0 Å². The van der Waals surface area contributed by atoms with Gasteiger partial charge in [-0.3, -0.25) is 4.90 Å². The van der Waals surface area contributed by atoms with Crippen LogP contribution >= 0.6 is 0 Å². The van der Waals surface area contributed by atoms with Crippen LogP contribution in [0.2, 0.25) is 0 Å². The minimum absolute atomic E-state index is 0.947. The van der Waals surface area contributed by atoms with Gasteiger partial charge in [-0.2, -0.15) is 0 Å². The average Bonchev–Trinajstić information content (AvgIpc) is 2.12. The number of rotatable bonds is 1. The van der Waals surface area contributed by atoms with Gasteiger partial charge in [0, 0.05) is 19.1 Å². The van der Waals surface area contributed by atoms with Crippen molar-refractivity contribution in [3.05, 3.63) is 6.42 Å². The van der Waals surface area contributed by atoms with Gasteiger partial charge in [-0.25, -0.2) is 0 Å². The van der Waals surface area contributed by atoms with Crippen LogP contribution in [0.5, 0.6) is 0 Å². The molecule has 1 aliphatic heterocycles. The summed E-state index contributed by atoms with van der Waals surface area (Å²) in [7, 11) is 0. The van der Waals surface area contributed by atoms with E-state index in [1.165, 1.54) is 51.6 Å². The van der Waals surface area contributed by atoms with Gasteiger partial charge >= 0.3 is 0 Å². The van der Waals surface area contributed by atoms with E-state index in [-0.39, 0.29) is 0 Å². The Labute approximate surface area is 69.8 Å². The molecular formula is C10H18N. The second-order valence-corrected chi connectivity index (χ2v) is 3.89. The molecule has 1 heterocycles. The van der Waals surface area contributed by atoms with Crippen molar-refractivity contribution in [2.24, 2.45) is 0 Å². The van der Waals surface area contributed by atoms with Crippen molar-refractivity contribution in [2.45, 2.75) is 44.6 Å². The van der Waals surface area contributed by atoms with E-state index >= 15 is 0 Å². The van der Waals surface area contributed by atoms with Crippen LogP contribution in [-0.2, 0) is 0 Å². The Morgan fingerprint density at radius 1 is 0.909 bits per heavy atom. The van der Waals surface area contributed by atoms with E-state index in [2.05, 4.69) is 11.3 Å². The summed E-state index contributed by atoms with van der Waals surface area (Å²) < 4.78 is 0. The average molecular weight is 152 g/mol. The van der Waals surface area contributed by atoms with Gasteiger partial charge in [0.1, 0.15) is 0 Å². The summed E-state index contributed by atoms with van der Waals surface area (Å²) in [5, 5.41) is 0. The molecule has 2 fully saturated rings. The summed E-state index contributed by atoms with van der Waals surface area (Å²) in [6, 6.07) is 0.947. The maximum atomic E-state index is 2.63. The van der Waals surface area contributed by atoms with Crippen LogP contribution in [0, 0.1) is 6.42 Å². The van der Waals surface area contributed by atoms with E-state index in [4.69, 9.17) is 0 Å². The van der Waals surface area contributed by atoms with Crippen LogP contribution < -0.4 is 0 Å². The maximum absolute atomic E-state index is 2.63. The second kappa shape index (κ2) is 3.57. The molecule has 0 N–H and O–H groups in total. The SMILES string of the molecule is [CH]1CN(C2CCCCCC2)C1. The molecule has 2 aliphatic rings. The van der Waals surface area contributed by atoms with Gasteiger partial charge in [-0.05, 0) is 19.3 Å². The minimum atomic E-state index is 0.947. The number of likely N-dealkylation sites (tertiary alicyclic amines) is 1. The molecular weight excluding hydrogens is 134 g/mol. The summed E-state index contributed by atoms with van der Waals surface area (Å²) >= 11 is 0. The van der Waals surface area contributed by atoms with E-state index in [1.54, 1.807) is 0 Å². The van der Waals surface area contributed by atoms with E-state index in [1.807, 2.05) is 0 Å². The third-order valence-corrected chi connectivity index (χ3v) is 3.07. The van der Waals surface area contributed by atoms with Gasteiger partial charge < -0.3 is 0 Å². The zero-order valence-electron chi connectivity index (χ0n) is 7.26. The Morgan fingerprint density at radius 3 is 2.00 bits per heavy atom. The first-order valence-corrected chi connectivity index (χ1v) is 5.02. The van der Waals surface area contributed by atoms with Crippen LogP contribution in [0.4, 0.5) is 0 Å². The molecule has 0 bridgehead atoms. The largest absolute Gasteiger partial charge is 0.300 e. The third kappa shape index (κ3) is 1.76. The standard InChI is InChI=1S/C10H18N/c1-2-4-7-10(6-3-1)11-8-5-9-11/h5,10H,1-4,6-9H2. The highest BCUT2D eigenvalue weighted by Gasteiger charge is 2.24. The summed E-state index contributed by atoms with van der Waals surface area (Å²) in [5.74, 6) is 0. The summed E-state index contributed by atoms with van der Waals surface area (Å²) in [4.78, 5) is 2.63. The first-order valence-electron chi connectivity index (χ1n) is 5.02. The topological polar surface area (TPSA) is 3.24 Å². The van der Waals surface area contributed by atoms with Crippen molar-refractivity contribution in [1.82, 2.24) is 4.90 Å². The quantitative estimate of drug-likeness (QED) is 0.521. The molecule has 0 amide bonds. The lowest BCUT2D eigenvalue weighted by molar-refractivity contribution is 0.153. The smallest absolute Gasteiger partial charge is 0.00955 e. The van der Waals surface area contributed by atoms with Crippen LogP contribution in [0.1, 0.15) is 38.5 Å². The fourth-order valence-corrected chi connectivity index (χ4v) is 2.20. The molecule has 11 heavy (non-hydrogen) atoms. The molecule has 1 saturated carbocycles. The molecule has 1 saturated heterocycles. The Bertz CT molecular complexity index is 110. The fourth-order valence-electron chi connectivity index (χ4n) is 2.20. The monoisotopic (exact) mass is 152 g/mol.